The van der Waals surface area contributed by atoms with Gasteiger partial charge in [0.25, 0.3) is 0 Å². The molecule has 1 heterocycles. The highest BCUT2D eigenvalue weighted by molar-refractivity contribution is 5.79. The van der Waals surface area contributed by atoms with Crippen molar-refractivity contribution < 1.29 is 14.3 Å². The first-order chi connectivity index (χ1) is 8.11. The van der Waals surface area contributed by atoms with Crippen molar-refractivity contribution in [1.82, 2.24) is 5.32 Å². The molecule has 5 nitrogen and oxygen atoms in total. The Kier molecular flexibility index (Phi) is 6.47. The average molecular weight is 244 g/mol. The van der Waals surface area contributed by atoms with Gasteiger partial charge in [-0.05, 0) is 12.3 Å². The Bertz CT molecular complexity index is 234. The molecule has 0 aromatic rings. The van der Waals surface area contributed by atoms with E-state index in [0.717, 1.165) is 13.0 Å². The van der Waals surface area contributed by atoms with Crippen LogP contribution < -0.4 is 11.1 Å². The number of nitrogens with two attached hydrogens (primary N) is 1. The molecule has 1 saturated heterocycles. The molecule has 5 heteroatoms. The highest BCUT2D eigenvalue weighted by Crippen LogP contribution is 2.11. The maximum Gasteiger partial charge on any atom is 0.227 e. The Labute approximate surface area is 103 Å². The molecule has 0 aromatic heterocycles. The lowest BCUT2D eigenvalue weighted by molar-refractivity contribution is -0.125. The highest BCUT2D eigenvalue weighted by Gasteiger charge is 2.30. The van der Waals surface area contributed by atoms with E-state index >= 15 is 0 Å². The lowest BCUT2D eigenvalue weighted by Gasteiger charge is -2.13. The second-order valence-corrected chi connectivity index (χ2v) is 4.89. The molecular formula is C12H24N2O3. The number of hydrogen-bond donors (Lipinski definition) is 2. The number of rotatable bonds is 7. The van der Waals surface area contributed by atoms with E-state index in [0.29, 0.717) is 32.3 Å². The number of carbonyl (C=O) groups is 1. The molecule has 0 aromatic carbocycles. The predicted octanol–water partition coefficient (Wildman–Crippen LogP) is 0.139. The summed E-state index contributed by atoms with van der Waals surface area (Å²) in [6.45, 7) is 7.07. The van der Waals surface area contributed by atoms with Gasteiger partial charge in [0.1, 0.15) is 0 Å². The van der Waals surface area contributed by atoms with Crippen LogP contribution in [0.4, 0.5) is 0 Å². The van der Waals surface area contributed by atoms with Crippen molar-refractivity contribution >= 4 is 5.91 Å². The monoisotopic (exact) mass is 244 g/mol. The molecule has 17 heavy (non-hydrogen) atoms. The number of ether oxygens (including phenoxy) is 2. The van der Waals surface area contributed by atoms with Crippen LogP contribution in [0.2, 0.25) is 0 Å². The second kappa shape index (κ2) is 7.63. The van der Waals surface area contributed by atoms with Crippen LogP contribution >= 0.6 is 0 Å². The maximum atomic E-state index is 11.7. The Hall–Kier alpha value is -0.650. The third-order valence-corrected chi connectivity index (χ3v) is 2.85. The summed E-state index contributed by atoms with van der Waals surface area (Å²) in [6, 6.07) is -0.170. The number of carbonyl (C=O) groups excluding carboxylic acids is 1. The summed E-state index contributed by atoms with van der Waals surface area (Å²) in [5.74, 6) is 0.423. The normalized spacial score (nSPS) is 24.2. The van der Waals surface area contributed by atoms with E-state index in [2.05, 4.69) is 19.2 Å². The molecule has 0 bridgehead atoms. The minimum Gasteiger partial charge on any atom is -0.380 e. The van der Waals surface area contributed by atoms with Gasteiger partial charge in [-0.3, -0.25) is 4.79 Å². The van der Waals surface area contributed by atoms with Gasteiger partial charge in [-0.1, -0.05) is 13.8 Å². The fraction of sp³-hybridized carbons (Fsp3) is 0.917. The lowest BCUT2D eigenvalue weighted by atomic mass is 10.0. The summed E-state index contributed by atoms with van der Waals surface area (Å²) in [7, 11) is 0. The molecule has 1 aliphatic rings. The Balaban J connectivity index is 2.00. The quantitative estimate of drug-likeness (QED) is 0.625. The van der Waals surface area contributed by atoms with Crippen molar-refractivity contribution in [2.45, 2.75) is 26.3 Å². The smallest absolute Gasteiger partial charge is 0.227 e. The highest BCUT2D eigenvalue weighted by atomic mass is 16.5. The molecule has 1 rings (SSSR count). The van der Waals surface area contributed by atoms with Gasteiger partial charge in [0.05, 0.1) is 25.7 Å². The van der Waals surface area contributed by atoms with Crippen LogP contribution in [-0.2, 0) is 14.3 Å². The fourth-order valence-electron chi connectivity index (χ4n) is 1.64. The van der Waals surface area contributed by atoms with Crippen molar-refractivity contribution in [1.29, 1.82) is 0 Å². The predicted molar refractivity (Wildman–Crippen MR) is 65.6 cm³/mol. The molecule has 100 valence electrons. The minimum atomic E-state index is -0.203. The zero-order valence-electron chi connectivity index (χ0n) is 10.8. The largest absolute Gasteiger partial charge is 0.380 e. The van der Waals surface area contributed by atoms with Crippen LogP contribution in [0.1, 0.15) is 20.3 Å². The summed E-state index contributed by atoms with van der Waals surface area (Å²) >= 11 is 0. The Morgan fingerprint density at radius 3 is 2.82 bits per heavy atom. The molecule has 3 N–H and O–H groups in total. The van der Waals surface area contributed by atoms with E-state index in [-0.39, 0.29) is 17.9 Å². The van der Waals surface area contributed by atoms with Gasteiger partial charge in [0, 0.05) is 19.2 Å². The van der Waals surface area contributed by atoms with Crippen molar-refractivity contribution in [3.8, 4) is 0 Å². The van der Waals surface area contributed by atoms with Gasteiger partial charge < -0.3 is 20.5 Å². The molecule has 0 saturated carbocycles. The zero-order chi connectivity index (χ0) is 12.7. The van der Waals surface area contributed by atoms with E-state index in [1.54, 1.807) is 0 Å². The van der Waals surface area contributed by atoms with Crippen molar-refractivity contribution in [3.05, 3.63) is 0 Å². The van der Waals surface area contributed by atoms with Gasteiger partial charge in [-0.15, -0.1) is 0 Å². The van der Waals surface area contributed by atoms with Gasteiger partial charge in [-0.25, -0.2) is 0 Å². The van der Waals surface area contributed by atoms with Crippen LogP contribution in [0, 0.1) is 11.8 Å². The van der Waals surface area contributed by atoms with E-state index in [1.807, 2.05) is 0 Å². The molecule has 2 atom stereocenters. The Morgan fingerprint density at radius 2 is 2.24 bits per heavy atom. The maximum absolute atomic E-state index is 11.7. The van der Waals surface area contributed by atoms with Crippen molar-refractivity contribution in [2.75, 3.05) is 33.0 Å². The van der Waals surface area contributed by atoms with Crippen molar-refractivity contribution in [3.63, 3.8) is 0 Å². The minimum absolute atomic E-state index is 0.0255. The van der Waals surface area contributed by atoms with Crippen LogP contribution in [-0.4, -0.2) is 44.9 Å². The summed E-state index contributed by atoms with van der Waals surface area (Å²) in [5, 5.41) is 2.82. The molecule has 0 radical (unpaired) electrons. The molecule has 2 unspecified atom stereocenters. The standard InChI is InChI=1S/C12H24N2O3/c1-9(2)3-5-16-6-4-14-12(15)10-7-17-8-11(10)13/h9-11H,3-8,13H2,1-2H3,(H,14,15). The van der Waals surface area contributed by atoms with Gasteiger partial charge in [-0.2, -0.15) is 0 Å². The first-order valence-electron chi connectivity index (χ1n) is 6.30. The topological polar surface area (TPSA) is 73.6 Å². The van der Waals surface area contributed by atoms with E-state index in [9.17, 15) is 4.79 Å². The molecule has 1 amide bonds. The van der Waals surface area contributed by atoms with Gasteiger partial charge in [0.15, 0.2) is 0 Å². The summed E-state index contributed by atoms with van der Waals surface area (Å²) in [4.78, 5) is 11.7. The molecule has 0 spiro atoms. The van der Waals surface area contributed by atoms with E-state index < -0.39 is 0 Å². The fourth-order valence-corrected chi connectivity index (χ4v) is 1.64. The molecule has 1 fully saturated rings. The first kappa shape index (κ1) is 14.4. The van der Waals surface area contributed by atoms with Crippen LogP contribution in [0.3, 0.4) is 0 Å². The summed E-state index contributed by atoms with van der Waals surface area (Å²) in [5.41, 5.74) is 5.75. The molecular weight excluding hydrogens is 220 g/mol. The van der Waals surface area contributed by atoms with Crippen LogP contribution in [0.5, 0.6) is 0 Å². The second-order valence-electron chi connectivity index (χ2n) is 4.89. The van der Waals surface area contributed by atoms with Crippen LogP contribution in [0.25, 0.3) is 0 Å². The van der Waals surface area contributed by atoms with E-state index in [1.165, 1.54) is 0 Å². The first-order valence-corrected chi connectivity index (χ1v) is 6.30. The lowest BCUT2D eigenvalue weighted by Crippen LogP contribution is -2.42. The molecule has 0 aliphatic carbocycles. The zero-order valence-corrected chi connectivity index (χ0v) is 10.8. The number of hydrogen-bond acceptors (Lipinski definition) is 4. The average Bonchev–Trinajstić information content (AvgIpc) is 2.69. The number of nitrogens with one attached hydrogen (secondary N) is 1. The number of amides is 1. The summed E-state index contributed by atoms with van der Waals surface area (Å²) < 4.78 is 10.6. The third-order valence-electron chi connectivity index (χ3n) is 2.85. The Morgan fingerprint density at radius 1 is 1.47 bits per heavy atom. The SMILES string of the molecule is CC(C)CCOCCNC(=O)C1COCC1N. The third kappa shape index (κ3) is 5.48. The van der Waals surface area contributed by atoms with Gasteiger partial charge >= 0.3 is 0 Å². The summed E-state index contributed by atoms with van der Waals surface area (Å²) in [6.07, 6.45) is 1.05. The van der Waals surface area contributed by atoms with E-state index in [4.69, 9.17) is 15.2 Å². The van der Waals surface area contributed by atoms with Crippen LogP contribution in [0.15, 0.2) is 0 Å². The van der Waals surface area contributed by atoms with Crippen molar-refractivity contribution in [2.24, 2.45) is 17.6 Å². The van der Waals surface area contributed by atoms with Gasteiger partial charge in [0.2, 0.25) is 5.91 Å². The molecule has 1 aliphatic heterocycles.